The van der Waals surface area contributed by atoms with Crippen LogP contribution in [0.4, 0.5) is 5.82 Å². The minimum atomic E-state index is -4.32. The maximum Gasteiger partial charge on any atom is 0.459 e. The molecule has 42 heavy (non-hydrogen) atoms. The Morgan fingerprint density at radius 3 is 2.57 bits per heavy atom. The summed E-state index contributed by atoms with van der Waals surface area (Å²) in [5.74, 6) is -0.301. The third-order valence-electron chi connectivity index (χ3n) is 7.28. The number of anilines is 1. The van der Waals surface area contributed by atoms with Crippen LogP contribution in [-0.4, -0.2) is 72.3 Å². The number of hydrogen-bond donors (Lipinski definition) is 4. The van der Waals surface area contributed by atoms with Crippen LogP contribution in [0.5, 0.6) is 5.75 Å². The van der Waals surface area contributed by atoms with Crippen molar-refractivity contribution in [2.24, 2.45) is 0 Å². The van der Waals surface area contributed by atoms with Gasteiger partial charge in [0.15, 0.2) is 17.7 Å². The Balaban J connectivity index is 1.33. The molecule has 1 aliphatic heterocycles. The molecule has 7 atom stereocenters. The van der Waals surface area contributed by atoms with E-state index >= 15 is 0 Å². The molecule has 14 nitrogen and oxygen atoms in total. The largest absolute Gasteiger partial charge is 0.461 e. The first-order valence-electron chi connectivity index (χ1n) is 13.7. The number of aliphatic hydroxyl groups excluding tert-OH is 2. The van der Waals surface area contributed by atoms with E-state index in [0.717, 1.165) is 32.1 Å². The van der Waals surface area contributed by atoms with Crippen molar-refractivity contribution in [2.45, 2.75) is 88.7 Å². The van der Waals surface area contributed by atoms with E-state index in [1.165, 1.54) is 43.2 Å². The van der Waals surface area contributed by atoms with Gasteiger partial charge in [0.05, 0.1) is 12.4 Å². The third kappa shape index (κ3) is 6.70. The maximum absolute atomic E-state index is 14.1. The highest BCUT2D eigenvalue weighted by Crippen LogP contribution is 2.48. The molecular formula is C26H34ClN6O8P. The first kappa shape index (κ1) is 30.6. The molecule has 5 rings (SSSR count). The number of aromatic nitrogens is 4. The van der Waals surface area contributed by atoms with Crippen LogP contribution in [0.2, 0.25) is 5.02 Å². The summed E-state index contributed by atoms with van der Waals surface area (Å²) in [6, 6.07) is 5.01. The second-order valence-electron chi connectivity index (χ2n) is 10.5. The van der Waals surface area contributed by atoms with Gasteiger partial charge in [-0.15, -0.1) is 0 Å². The number of carbonyl (C=O) groups is 1. The molecule has 0 spiro atoms. The monoisotopic (exact) mass is 624 g/mol. The molecule has 2 aliphatic rings. The predicted molar refractivity (Wildman–Crippen MR) is 151 cm³/mol. The van der Waals surface area contributed by atoms with Crippen molar-refractivity contribution in [1.29, 1.82) is 0 Å². The van der Waals surface area contributed by atoms with E-state index in [2.05, 4.69) is 20.0 Å². The second kappa shape index (κ2) is 12.8. The van der Waals surface area contributed by atoms with E-state index < -0.39 is 50.4 Å². The van der Waals surface area contributed by atoms with Crippen LogP contribution in [0.1, 0.15) is 52.2 Å². The number of imidazole rings is 1. The van der Waals surface area contributed by atoms with E-state index in [0.29, 0.717) is 10.5 Å². The van der Waals surface area contributed by atoms with Crippen molar-refractivity contribution >= 4 is 42.3 Å². The molecule has 16 heteroatoms. The first-order valence-corrected chi connectivity index (χ1v) is 15.6. The zero-order valence-electron chi connectivity index (χ0n) is 23.1. The number of ether oxygens (including phenoxy) is 2. The number of nitrogen functional groups attached to an aromatic ring is 1. The lowest BCUT2D eigenvalue weighted by molar-refractivity contribution is -0.152. The molecule has 2 aromatic heterocycles. The molecule has 3 aromatic rings. The van der Waals surface area contributed by atoms with Gasteiger partial charge in [0, 0.05) is 5.02 Å². The molecule has 2 fully saturated rings. The minimum Gasteiger partial charge on any atom is -0.461 e. The Morgan fingerprint density at radius 2 is 1.86 bits per heavy atom. The van der Waals surface area contributed by atoms with Crippen LogP contribution < -0.4 is 15.3 Å². The van der Waals surface area contributed by atoms with Gasteiger partial charge in [-0.3, -0.25) is 13.9 Å². The van der Waals surface area contributed by atoms with Gasteiger partial charge in [-0.2, -0.15) is 5.09 Å². The molecule has 1 unspecified atom stereocenters. The number of aliphatic hydroxyl groups is 2. The number of nitrogens with two attached hydrogens (primary N) is 1. The fourth-order valence-electron chi connectivity index (χ4n) is 5.09. The molecule has 0 amide bonds. The number of nitrogens with one attached hydrogen (secondary N) is 1. The van der Waals surface area contributed by atoms with Crippen molar-refractivity contribution in [2.75, 3.05) is 5.73 Å². The predicted octanol–water partition coefficient (Wildman–Crippen LogP) is 3.13. The molecule has 1 aromatic carbocycles. The molecule has 1 aliphatic carbocycles. The van der Waals surface area contributed by atoms with Gasteiger partial charge in [-0.1, -0.05) is 18.0 Å². The van der Waals surface area contributed by atoms with Gasteiger partial charge in [0.25, 0.3) is 0 Å². The van der Waals surface area contributed by atoms with Crippen molar-refractivity contribution in [3.63, 3.8) is 0 Å². The molecule has 1 saturated carbocycles. The van der Waals surface area contributed by atoms with Crippen LogP contribution in [-0.2, 0) is 23.4 Å². The normalized spacial score (nSPS) is 26.0. The number of benzene rings is 1. The topological polar surface area (TPSA) is 193 Å². The van der Waals surface area contributed by atoms with Gasteiger partial charge >= 0.3 is 13.7 Å². The van der Waals surface area contributed by atoms with Crippen LogP contribution in [0.25, 0.3) is 11.2 Å². The summed E-state index contributed by atoms with van der Waals surface area (Å²) in [6.07, 6.45) is 0.714. The van der Waals surface area contributed by atoms with Crippen LogP contribution in [0, 0.1) is 0 Å². The average Bonchev–Trinajstić information content (AvgIpc) is 3.52. The van der Waals surface area contributed by atoms with E-state index in [1.54, 1.807) is 12.1 Å². The fourth-order valence-corrected chi connectivity index (χ4v) is 6.91. The van der Waals surface area contributed by atoms with E-state index in [-0.39, 0.29) is 23.3 Å². The summed E-state index contributed by atoms with van der Waals surface area (Å²) in [7, 11) is -4.32. The lowest BCUT2D eigenvalue weighted by Gasteiger charge is -2.29. The quantitative estimate of drug-likeness (QED) is 0.190. The lowest BCUT2D eigenvalue weighted by atomic mass is 9.98. The van der Waals surface area contributed by atoms with E-state index in [4.69, 9.17) is 35.9 Å². The Labute approximate surface area is 247 Å². The summed E-state index contributed by atoms with van der Waals surface area (Å²) in [5.41, 5.74) is 6.46. The zero-order valence-corrected chi connectivity index (χ0v) is 24.7. The van der Waals surface area contributed by atoms with Crippen molar-refractivity contribution in [3.8, 4) is 5.75 Å². The molecule has 3 heterocycles. The van der Waals surface area contributed by atoms with Crippen molar-refractivity contribution < 1.29 is 38.1 Å². The summed E-state index contributed by atoms with van der Waals surface area (Å²) >= 11 is 5.98. The number of hydrogen-bond acceptors (Lipinski definition) is 12. The fraction of sp³-hybridized carbons (Fsp3) is 0.538. The number of nitrogens with zero attached hydrogens (tertiary/aromatic N) is 4. The summed E-state index contributed by atoms with van der Waals surface area (Å²) in [4.78, 5) is 25.1. The third-order valence-corrected chi connectivity index (χ3v) is 9.30. The average molecular weight is 625 g/mol. The molecule has 0 bridgehead atoms. The molecular weight excluding hydrogens is 591 g/mol. The van der Waals surface area contributed by atoms with Gasteiger partial charge in [-0.25, -0.2) is 19.5 Å². The van der Waals surface area contributed by atoms with E-state index in [1.807, 2.05) is 0 Å². The van der Waals surface area contributed by atoms with Crippen LogP contribution >= 0.6 is 19.3 Å². The molecule has 1 saturated heterocycles. The Kier molecular flexibility index (Phi) is 9.33. The standard InChI is InChI=1S/C26H34ClN6O8P/c1-14(26(36)38-17-6-4-3-5-7-17)32-42(37,41-18-10-8-16(27)9-11-18)40-15(2)22-20(34)21(35)25(39-22)33-13-31-19-23(28)29-12-30-24(19)33/h8-15,17,20-22,25,34-35H,3-7H2,1-2H3,(H,32,37)(H2,28,29,30)/t14-,15-,20-,21+,22+,25+,42?/m0/s1. The van der Waals surface area contributed by atoms with Crippen molar-refractivity contribution in [1.82, 2.24) is 24.6 Å². The van der Waals surface area contributed by atoms with Gasteiger partial charge in [0.2, 0.25) is 0 Å². The second-order valence-corrected chi connectivity index (χ2v) is 12.5. The van der Waals surface area contributed by atoms with Crippen LogP contribution in [0.3, 0.4) is 0 Å². The Hall–Kier alpha value is -2.84. The highest BCUT2D eigenvalue weighted by molar-refractivity contribution is 7.52. The summed E-state index contributed by atoms with van der Waals surface area (Å²) < 4.78 is 38.8. The Bertz CT molecular complexity index is 1440. The summed E-state index contributed by atoms with van der Waals surface area (Å²) in [6.45, 7) is 3.00. The number of halogens is 1. The Morgan fingerprint density at radius 1 is 1.14 bits per heavy atom. The smallest absolute Gasteiger partial charge is 0.459 e. The zero-order chi connectivity index (χ0) is 30.0. The molecule has 228 valence electrons. The first-order chi connectivity index (χ1) is 20.0. The maximum atomic E-state index is 14.1. The van der Waals surface area contributed by atoms with Gasteiger partial charge in [0.1, 0.15) is 48.1 Å². The minimum absolute atomic E-state index is 0.141. The van der Waals surface area contributed by atoms with Gasteiger partial charge in [-0.05, 0) is 63.8 Å². The lowest BCUT2D eigenvalue weighted by Crippen LogP contribution is -2.41. The van der Waals surface area contributed by atoms with Gasteiger partial charge < -0.3 is 29.9 Å². The molecule has 0 radical (unpaired) electrons. The highest BCUT2D eigenvalue weighted by atomic mass is 35.5. The van der Waals surface area contributed by atoms with E-state index in [9.17, 15) is 19.6 Å². The van der Waals surface area contributed by atoms with Crippen LogP contribution in [0.15, 0.2) is 36.9 Å². The SMILES string of the molecule is C[C@H](NP(=O)(Oc1ccc(Cl)cc1)O[C@@H](C)[C@H]1O[C@@H](n2cnc3c(N)ncnc32)[C@H](O)[C@@H]1O)C(=O)OC1CCCCC1. The number of carbonyl (C=O) groups excluding carboxylic acids is 1. The van der Waals surface area contributed by atoms with Crippen molar-refractivity contribution in [3.05, 3.63) is 41.9 Å². The highest BCUT2D eigenvalue weighted by Gasteiger charge is 2.49. The number of esters is 1. The molecule has 5 N–H and O–H groups in total. The summed E-state index contributed by atoms with van der Waals surface area (Å²) in [5, 5.41) is 24.9. The number of fused-ring (bicyclic) bond motifs is 1. The number of rotatable bonds is 10.